The van der Waals surface area contributed by atoms with E-state index in [1.54, 1.807) is 0 Å². The number of benzene rings is 1. The predicted octanol–water partition coefficient (Wildman–Crippen LogP) is 2.70. The molecule has 0 aliphatic carbocycles. The molecular formula is C21H26N2O2. The molecule has 2 heterocycles. The molecule has 1 aromatic rings. The molecule has 1 fully saturated rings. The number of carbonyl (C=O) groups excluding carboxylic acids is 2. The summed E-state index contributed by atoms with van der Waals surface area (Å²) in [7, 11) is 2.15. The molecule has 3 rings (SSSR count). The fourth-order valence-electron chi connectivity index (χ4n) is 3.56. The smallest absolute Gasteiger partial charge is 0.254 e. The monoisotopic (exact) mass is 338 g/mol. The summed E-state index contributed by atoms with van der Waals surface area (Å²) in [5, 5.41) is 0. The van der Waals surface area contributed by atoms with E-state index in [-0.39, 0.29) is 11.9 Å². The maximum atomic E-state index is 12.7. The lowest BCUT2D eigenvalue weighted by atomic mass is 9.97. The minimum Gasteiger partial charge on any atom is -0.332 e. The van der Waals surface area contributed by atoms with Gasteiger partial charge in [0.15, 0.2) is 0 Å². The van der Waals surface area contributed by atoms with E-state index in [2.05, 4.69) is 23.8 Å². The van der Waals surface area contributed by atoms with Gasteiger partial charge in [0, 0.05) is 36.1 Å². The van der Waals surface area contributed by atoms with Crippen LogP contribution in [-0.4, -0.2) is 48.2 Å². The van der Waals surface area contributed by atoms with E-state index in [4.69, 9.17) is 0 Å². The zero-order valence-corrected chi connectivity index (χ0v) is 15.1. The molecule has 0 bridgehead atoms. The second kappa shape index (κ2) is 7.84. The second-order valence-electron chi connectivity index (χ2n) is 7.24. The van der Waals surface area contributed by atoms with Crippen LogP contribution in [0.25, 0.3) is 0 Å². The van der Waals surface area contributed by atoms with Gasteiger partial charge in [0.05, 0.1) is 0 Å². The zero-order valence-electron chi connectivity index (χ0n) is 15.1. The van der Waals surface area contributed by atoms with Gasteiger partial charge in [-0.2, -0.15) is 0 Å². The summed E-state index contributed by atoms with van der Waals surface area (Å²) in [6, 6.07) is 6.07. The van der Waals surface area contributed by atoms with E-state index in [0.29, 0.717) is 25.3 Å². The fourth-order valence-corrected chi connectivity index (χ4v) is 3.56. The maximum absolute atomic E-state index is 12.7. The Morgan fingerprint density at radius 1 is 1.32 bits per heavy atom. The summed E-state index contributed by atoms with van der Waals surface area (Å²) >= 11 is 0. The predicted molar refractivity (Wildman–Crippen MR) is 98.2 cm³/mol. The topological polar surface area (TPSA) is 40.6 Å². The summed E-state index contributed by atoms with van der Waals surface area (Å²) in [4.78, 5) is 27.5. The number of carbonyl (C=O) groups is 2. The number of rotatable bonds is 4. The van der Waals surface area contributed by atoms with Crippen molar-refractivity contribution in [2.75, 3.05) is 20.1 Å². The van der Waals surface area contributed by atoms with Crippen molar-refractivity contribution in [1.82, 2.24) is 9.80 Å². The highest BCUT2D eigenvalue weighted by atomic mass is 16.2. The van der Waals surface area contributed by atoms with Gasteiger partial charge < -0.3 is 14.6 Å². The largest absolute Gasteiger partial charge is 0.332 e. The molecule has 0 N–H and O–H groups in total. The molecule has 2 aliphatic heterocycles. The molecule has 4 nitrogen and oxygen atoms in total. The number of fused-ring (bicyclic) bond motifs is 1. The summed E-state index contributed by atoms with van der Waals surface area (Å²) in [6.45, 7) is 4.86. The van der Waals surface area contributed by atoms with Gasteiger partial charge in [0.1, 0.15) is 6.29 Å². The quantitative estimate of drug-likeness (QED) is 0.626. The van der Waals surface area contributed by atoms with Crippen LogP contribution < -0.4 is 0 Å². The first-order valence-corrected chi connectivity index (χ1v) is 9.16. The number of hydrogen-bond donors (Lipinski definition) is 0. The Balaban J connectivity index is 1.69. The van der Waals surface area contributed by atoms with Crippen molar-refractivity contribution < 1.29 is 9.59 Å². The Labute approximate surface area is 150 Å². The summed E-state index contributed by atoms with van der Waals surface area (Å²) in [6.07, 6.45) is 4.37. The molecule has 1 amide bonds. The molecule has 0 aromatic heterocycles. The van der Waals surface area contributed by atoms with Crippen LogP contribution in [0.3, 0.4) is 0 Å². The lowest BCUT2D eigenvalue weighted by molar-refractivity contribution is -0.108. The van der Waals surface area contributed by atoms with Gasteiger partial charge in [-0.15, -0.1) is 0 Å². The molecule has 2 aliphatic rings. The van der Waals surface area contributed by atoms with Crippen LogP contribution in [0.15, 0.2) is 18.2 Å². The average molecular weight is 338 g/mol. The molecule has 0 radical (unpaired) electrons. The molecule has 1 saturated heterocycles. The van der Waals surface area contributed by atoms with Crippen LogP contribution in [0.4, 0.5) is 0 Å². The second-order valence-corrected chi connectivity index (χ2v) is 7.24. The number of likely N-dealkylation sites (tertiary alicyclic amines) is 1. The van der Waals surface area contributed by atoms with E-state index in [1.807, 2.05) is 30.0 Å². The van der Waals surface area contributed by atoms with Gasteiger partial charge in [-0.3, -0.25) is 4.79 Å². The normalized spacial score (nSPS) is 19.3. The first-order valence-electron chi connectivity index (χ1n) is 9.16. The van der Waals surface area contributed by atoms with Gasteiger partial charge in [0.2, 0.25) is 0 Å². The van der Waals surface area contributed by atoms with Crippen LogP contribution in [0.5, 0.6) is 0 Å². The van der Waals surface area contributed by atoms with E-state index < -0.39 is 0 Å². The molecule has 0 spiro atoms. The highest BCUT2D eigenvalue weighted by molar-refractivity contribution is 5.98. The van der Waals surface area contributed by atoms with Gasteiger partial charge >= 0.3 is 0 Å². The first kappa shape index (κ1) is 17.7. The van der Waals surface area contributed by atoms with Crippen molar-refractivity contribution in [2.24, 2.45) is 5.92 Å². The molecule has 25 heavy (non-hydrogen) atoms. The van der Waals surface area contributed by atoms with E-state index in [0.717, 1.165) is 48.9 Å². The molecule has 4 heteroatoms. The molecule has 0 saturated carbocycles. The van der Waals surface area contributed by atoms with Crippen molar-refractivity contribution in [3.63, 3.8) is 0 Å². The van der Waals surface area contributed by atoms with Crippen LogP contribution in [0.1, 0.15) is 54.1 Å². The third-order valence-electron chi connectivity index (χ3n) is 5.32. The van der Waals surface area contributed by atoms with E-state index in [1.165, 1.54) is 0 Å². The maximum Gasteiger partial charge on any atom is 0.254 e. The van der Waals surface area contributed by atoms with Crippen LogP contribution in [0.2, 0.25) is 0 Å². The summed E-state index contributed by atoms with van der Waals surface area (Å²) in [5.74, 6) is 7.18. The Bertz CT molecular complexity index is 708. The number of aldehydes is 1. The molecule has 1 unspecified atom stereocenters. The van der Waals surface area contributed by atoms with Crippen LogP contribution in [-0.2, 0) is 11.3 Å². The third kappa shape index (κ3) is 4.11. The lowest BCUT2D eigenvalue weighted by Crippen LogP contribution is -2.33. The van der Waals surface area contributed by atoms with E-state index in [9.17, 15) is 9.59 Å². The van der Waals surface area contributed by atoms with Crippen molar-refractivity contribution >= 4 is 12.2 Å². The third-order valence-corrected chi connectivity index (χ3v) is 5.32. The first-order chi connectivity index (χ1) is 12.1. The van der Waals surface area contributed by atoms with Crippen molar-refractivity contribution in [2.45, 2.75) is 45.2 Å². The Hall–Kier alpha value is -2.12. The number of hydrogen-bond acceptors (Lipinski definition) is 3. The van der Waals surface area contributed by atoms with Gasteiger partial charge in [-0.25, -0.2) is 0 Å². The van der Waals surface area contributed by atoms with Gasteiger partial charge in [-0.1, -0.05) is 17.9 Å². The minimum atomic E-state index is 0.0661. The minimum absolute atomic E-state index is 0.0661. The van der Waals surface area contributed by atoms with Gasteiger partial charge in [0.25, 0.3) is 5.91 Å². The molecule has 1 aromatic carbocycles. The highest BCUT2D eigenvalue weighted by Gasteiger charge is 2.30. The Morgan fingerprint density at radius 3 is 2.80 bits per heavy atom. The molecule has 132 valence electrons. The summed E-state index contributed by atoms with van der Waals surface area (Å²) < 4.78 is 0. The van der Waals surface area contributed by atoms with Crippen molar-refractivity contribution in [1.29, 1.82) is 0 Å². The van der Waals surface area contributed by atoms with Crippen molar-refractivity contribution in [3.8, 4) is 11.8 Å². The Morgan fingerprint density at radius 2 is 2.08 bits per heavy atom. The number of amides is 1. The standard InChI is InChI=1S/C21H26N2O2/c1-16(4-3-13-24)23-15-19-8-7-18(14-20(19)21(23)25)6-5-17-9-11-22(2)12-10-17/h7-8,13-14,16-17H,3-4,9-12,15H2,1-2H3. The highest BCUT2D eigenvalue weighted by Crippen LogP contribution is 2.26. The van der Waals surface area contributed by atoms with Crippen LogP contribution >= 0.6 is 0 Å². The molecule has 1 atom stereocenters. The fraction of sp³-hybridized carbons (Fsp3) is 0.524. The number of piperidine rings is 1. The average Bonchev–Trinajstić information content (AvgIpc) is 2.96. The lowest BCUT2D eigenvalue weighted by Gasteiger charge is -2.25. The zero-order chi connectivity index (χ0) is 17.8. The van der Waals surface area contributed by atoms with Gasteiger partial charge in [-0.05, 0) is 64.0 Å². The SMILES string of the molecule is CC(CCC=O)N1Cc2ccc(C#CC3CCN(C)CC3)cc2C1=O. The summed E-state index contributed by atoms with van der Waals surface area (Å²) in [5.41, 5.74) is 2.76. The van der Waals surface area contributed by atoms with Crippen molar-refractivity contribution in [3.05, 3.63) is 34.9 Å². The van der Waals surface area contributed by atoms with E-state index >= 15 is 0 Å². The Kier molecular flexibility index (Phi) is 5.55. The number of nitrogens with zero attached hydrogens (tertiary/aromatic N) is 2. The van der Waals surface area contributed by atoms with Crippen LogP contribution in [0, 0.1) is 17.8 Å². The molecular weight excluding hydrogens is 312 g/mol.